The number of fused-ring (bicyclic) bond motifs is 1. The zero-order valence-corrected chi connectivity index (χ0v) is 15.2. The number of likely N-dealkylation sites (tertiary alicyclic amines) is 1. The van der Waals surface area contributed by atoms with E-state index in [1.54, 1.807) is 28.6 Å². The quantitative estimate of drug-likeness (QED) is 0.753. The lowest BCUT2D eigenvalue weighted by Crippen LogP contribution is -2.29. The van der Waals surface area contributed by atoms with Crippen LogP contribution in [-0.4, -0.2) is 40.0 Å². The first-order valence-corrected chi connectivity index (χ1v) is 9.42. The van der Waals surface area contributed by atoms with Crippen LogP contribution >= 0.6 is 11.3 Å². The Morgan fingerprint density at radius 3 is 3.04 bits per heavy atom. The Balaban J connectivity index is 1.60. The summed E-state index contributed by atoms with van der Waals surface area (Å²) in [6.07, 6.45) is 4.70. The van der Waals surface area contributed by atoms with Crippen LogP contribution in [0.5, 0.6) is 0 Å². The van der Waals surface area contributed by atoms with Gasteiger partial charge in [0.1, 0.15) is 11.9 Å². The summed E-state index contributed by atoms with van der Waals surface area (Å²) in [6.45, 7) is 2.67. The number of anilines is 1. The molecule has 1 unspecified atom stereocenters. The zero-order chi connectivity index (χ0) is 18.1. The highest BCUT2D eigenvalue weighted by Gasteiger charge is 2.28. The van der Waals surface area contributed by atoms with Gasteiger partial charge in [-0.2, -0.15) is 0 Å². The molecule has 0 bridgehead atoms. The second-order valence-corrected chi connectivity index (χ2v) is 7.56. The van der Waals surface area contributed by atoms with Crippen LogP contribution in [0, 0.1) is 0 Å². The first-order chi connectivity index (χ1) is 12.6. The summed E-state index contributed by atoms with van der Waals surface area (Å²) in [5, 5.41) is 5.23. The fourth-order valence-electron chi connectivity index (χ4n) is 3.19. The minimum atomic E-state index is -0.932. The number of rotatable bonds is 4. The van der Waals surface area contributed by atoms with Crippen LogP contribution in [0.3, 0.4) is 0 Å². The third-order valence-electron chi connectivity index (χ3n) is 4.61. The van der Waals surface area contributed by atoms with Crippen LogP contribution in [-0.2, 0) is 0 Å². The Bertz CT molecular complexity index is 930. The summed E-state index contributed by atoms with van der Waals surface area (Å²) in [6, 6.07) is 7.88. The molecule has 4 heterocycles. The van der Waals surface area contributed by atoms with Gasteiger partial charge in [0.05, 0.1) is 17.6 Å². The van der Waals surface area contributed by atoms with E-state index in [0.717, 1.165) is 20.7 Å². The fraction of sp³-hybridized carbons (Fsp3) is 0.316. The van der Waals surface area contributed by atoms with Crippen molar-refractivity contribution < 1.29 is 9.18 Å². The van der Waals surface area contributed by atoms with Gasteiger partial charge in [-0.1, -0.05) is 6.07 Å². The van der Waals surface area contributed by atoms with Crippen LogP contribution in [0.4, 0.5) is 9.39 Å². The van der Waals surface area contributed by atoms with Crippen molar-refractivity contribution in [3.05, 3.63) is 54.1 Å². The number of alkyl halides is 1. The molecule has 4 rings (SSSR count). The van der Waals surface area contributed by atoms with Crippen molar-refractivity contribution in [1.29, 1.82) is 0 Å². The van der Waals surface area contributed by atoms with Crippen LogP contribution in [0.1, 0.15) is 35.4 Å². The van der Waals surface area contributed by atoms with Gasteiger partial charge in [0.15, 0.2) is 0 Å². The molecule has 0 spiro atoms. The highest BCUT2D eigenvalue weighted by Crippen LogP contribution is 2.34. The summed E-state index contributed by atoms with van der Waals surface area (Å²) < 4.78 is 14.4. The van der Waals surface area contributed by atoms with Crippen molar-refractivity contribution in [3.63, 3.8) is 0 Å². The lowest BCUT2D eigenvalue weighted by atomic mass is 10.1. The number of amides is 1. The van der Waals surface area contributed by atoms with Crippen molar-refractivity contribution in [2.24, 2.45) is 0 Å². The Morgan fingerprint density at radius 1 is 1.42 bits per heavy atom. The largest absolute Gasteiger partial charge is 0.370 e. The van der Waals surface area contributed by atoms with E-state index >= 15 is 0 Å². The van der Waals surface area contributed by atoms with Crippen LogP contribution < -0.4 is 5.32 Å². The molecule has 1 saturated heterocycles. The maximum atomic E-state index is 13.4. The van der Waals surface area contributed by atoms with Gasteiger partial charge in [-0.05, 0) is 37.1 Å². The molecule has 0 aromatic carbocycles. The van der Waals surface area contributed by atoms with Gasteiger partial charge in [-0.25, -0.2) is 4.39 Å². The maximum absolute atomic E-state index is 13.4. The van der Waals surface area contributed by atoms with Crippen molar-refractivity contribution in [2.75, 3.05) is 18.4 Å². The average molecular weight is 370 g/mol. The SMILES string of the molecule is CC(Nc1cc2c(C(=O)N3CC[C@@H](F)C3)nccc2s1)c1cccnc1. The van der Waals surface area contributed by atoms with E-state index in [-0.39, 0.29) is 18.5 Å². The highest BCUT2D eigenvalue weighted by molar-refractivity contribution is 7.22. The number of thiophene rings is 1. The molecule has 3 aromatic rings. The standard InChI is InChI=1S/C19H19FN4OS/c1-12(13-3-2-6-21-10-13)23-17-9-15-16(26-17)4-7-22-18(15)19(25)24-8-5-14(20)11-24/h2-4,6-7,9-10,12,14,23H,5,8,11H2,1H3/t12?,14-/m1/s1. The maximum Gasteiger partial charge on any atom is 0.273 e. The second-order valence-electron chi connectivity index (χ2n) is 6.47. The molecule has 1 fully saturated rings. The Kier molecular flexibility index (Phi) is 4.55. The lowest BCUT2D eigenvalue weighted by molar-refractivity contribution is 0.0779. The average Bonchev–Trinajstić information content (AvgIpc) is 3.27. The van der Waals surface area contributed by atoms with E-state index in [9.17, 15) is 9.18 Å². The zero-order valence-electron chi connectivity index (χ0n) is 14.4. The summed E-state index contributed by atoms with van der Waals surface area (Å²) in [7, 11) is 0. The number of nitrogens with zero attached hydrogens (tertiary/aromatic N) is 3. The lowest BCUT2D eigenvalue weighted by Gasteiger charge is -2.15. The van der Waals surface area contributed by atoms with E-state index in [1.807, 2.05) is 30.5 Å². The smallest absolute Gasteiger partial charge is 0.273 e. The van der Waals surface area contributed by atoms with Gasteiger partial charge in [-0.15, -0.1) is 11.3 Å². The number of hydrogen-bond acceptors (Lipinski definition) is 5. The van der Waals surface area contributed by atoms with Gasteiger partial charge in [0.25, 0.3) is 5.91 Å². The predicted octanol–water partition coefficient (Wildman–Crippen LogP) is 4.05. The molecular weight excluding hydrogens is 351 g/mol. The van der Waals surface area contributed by atoms with Gasteiger partial charge < -0.3 is 10.2 Å². The molecule has 1 amide bonds. The molecule has 0 saturated carbocycles. The second kappa shape index (κ2) is 6.99. The molecule has 0 radical (unpaired) electrons. The number of hydrogen-bond donors (Lipinski definition) is 1. The van der Waals surface area contributed by atoms with Gasteiger partial charge in [-0.3, -0.25) is 14.8 Å². The molecule has 2 atom stereocenters. The first kappa shape index (κ1) is 16.9. The molecule has 0 aliphatic carbocycles. The molecule has 5 nitrogen and oxygen atoms in total. The fourth-order valence-corrected chi connectivity index (χ4v) is 4.23. The molecule has 1 aliphatic rings. The van der Waals surface area contributed by atoms with E-state index in [4.69, 9.17) is 0 Å². The van der Waals surface area contributed by atoms with E-state index in [2.05, 4.69) is 22.2 Å². The molecule has 134 valence electrons. The summed E-state index contributed by atoms with van der Waals surface area (Å²) in [4.78, 5) is 22.7. The molecule has 7 heteroatoms. The number of halogens is 1. The third kappa shape index (κ3) is 3.26. The first-order valence-electron chi connectivity index (χ1n) is 8.60. The van der Waals surface area contributed by atoms with Crippen LogP contribution in [0.2, 0.25) is 0 Å². The van der Waals surface area contributed by atoms with Crippen LogP contribution in [0.15, 0.2) is 42.9 Å². The number of pyridine rings is 2. The number of nitrogens with one attached hydrogen (secondary N) is 1. The van der Waals surface area contributed by atoms with Gasteiger partial charge in [0.2, 0.25) is 0 Å². The number of aromatic nitrogens is 2. The molecule has 26 heavy (non-hydrogen) atoms. The Hall–Kier alpha value is -2.54. The van der Waals surface area contributed by atoms with Crippen molar-refractivity contribution in [2.45, 2.75) is 25.6 Å². The number of carbonyl (C=O) groups excluding carboxylic acids is 1. The minimum absolute atomic E-state index is 0.0924. The Morgan fingerprint density at radius 2 is 2.31 bits per heavy atom. The third-order valence-corrected chi connectivity index (χ3v) is 5.64. The molecular formula is C19H19FN4OS. The Labute approximate surface area is 154 Å². The summed E-state index contributed by atoms with van der Waals surface area (Å²) in [5.74, 6) is -0.194. The minimum Gasteiger partial charge on any atom is -0.370 e. The van der Waals surface area contributed by atoms with Crippen molar-refractivity contribution in [1.82, 2.24) is 14.9 Å². The topological polar surface area (TPSA) is 58.1 Å². The van der Waals surface area contributed by atoms with Crippen molar-refractivity contribution >= 4 is 32.3 Å². The van der Waals surface area contributed by atoms with Gasteiger partial charge in [0, 0.05) is 35.2 Å². The monoisotopic (exact) mass is 370 g/mol. The number of carbonyl (C=O) groups is 1. The summed E-state index contributed by atoms with van der Waals surface area (Å²) >= 11 is 1.58. The predicted molar refractivity (Wildman–Crippen MR) is 101 cm³/mol. The van der Waals surface area contributed by atoms with E-state index < -0.39 is 6.17 Å². The summed E-state index contributed by atoms with van der Waals surface area (Å²) in [5.41, 5.74) is 1.49. The van der Waals surface area contributed by atoms with E-state index in [1.165, 1.54) is 0 Å². The van der Waals surface area contributed by atoms with E-state index in [0.29, 0.717) is 18.7 Å². The molecule has 3 aromatic heterocycles. The highest BCUT2D eigenvalue weighted by atomic mass is 32.1. The van der Waals surface area contributed by atoms with Gasteiger partial charge >= 0.3 is 0 Å². The van der Waals surface area contributed by atoms with Crippen molar-refractivity contribution in [3.8, 4) is 0 Å². The molecule has 1 N–H and O–H groups in total. The normalized spacial score (nSPS) is 18.2. The van der Waals surface area contributed by atoms with Crippen LogP contribution in [0.25, 0.3) is 10.1 Å². The molecule has 1 aliphatic heterocycles.